The minimum absolute atomic E-state index is 0.215. The number of benzene rings is 1. The predicted octanol–water partition coefficient (Wildman–Crippen LogP) is 1.04. The molecule has 100 valence electrons. The number of ether oxygens (including phenoxy) is 2. The number of carbonyl (C=O) groups is 1. The lowest BCUT2D eigenvalue weighted by Gasteiger charge is -2.16. The molecule has 0 heterocycles. The van der Waals surface area contributed by atoms with Crippen molar-refractivity contribution in [1.29, 1.82) is 0 Å². The van der Waals surface area contributed by atoms with E-state index >= 15 is 0 Å². The van der Waals surface area contributed by atoms with Crippen LogP contribution in [0.4, 0.5) is 0 Å². The van der Waals surface area contributed by atoms with E-state index in [1.165, 1.54) is 0 Å². The van der Waals surface area contributed by atoms with Gasteiger partial charge < -0.3 is 20.9 Å². The molecule has 0 aliphatic heterocycles. The zero-order valence-electron chi connectivity index (χ0n) is 10.8. The monoisotopic (exact) mass is 252 g/mol. The molecule has 1 aromatic carbocycles. The number of rotatable bonds is 7. The highest BCUT2D eigenvalue weighted by Crippen LogP contribution is 2.31. The van der Waals surface area contributed by atoms with Gasteiger partial charge in [-0.25, -0.2) is 0 Å². The van der Waals surface area contributed by atoms with Gasteiger partial charge in [-0.15, -0.1) is 0 Å². The number of para-hydroxylation sites is 1. The number of nitrogens with two attached hydrogens (primary N) is 2. The van der Waals surface area contributed by atoms with Crippen LogP contribution >= 0.6 is 0 Å². The summed E-state index contributed by atoms with van der Waals surface area (Å²) in [6.45, 7) is 4.71. The van der Waals surface area contributed by atoms with Crippen LogP contribution in [0, 0.1) is 5.92 Å². The molecule has 0 spiro atoms. The van der Waals surface area contributed by atoms with E-state index in [-0.39, 0.29) is 12.5 Å². The zero-order valence-corrected chi connectivity index (χ0v) is 10.8. The third kappa shape index (κ3) is 3.63. The van der Waals surface area contributed by atoms with Gasteiger partial charge in [0.15, 0.2) is 11.5 Å². The van der Waals surface area contributed by atoms with Gasteiger partial charge in [0.1, 0.15) is 0 Å². The fourth-order valence-electron chi connectivity index (χ4n) is 1.45. The molecule has 1 unspecified atom stereocenters. The van der Waals surface area contributed by atoms with Crippen molar-refractivity contribution in [2.75, 3.05) is 13.2 Å². The van der Waals surface area contributed by atoms with E-state index in [2.05, 4.69) is 0 Å². The van der Waals surface area contributed by atoms with Crippen LogP contribution in [0.25, 0.3) is 0 Å². The molecular weight excluding hydrogens is 232 g/mol. The number of primary amides is 1. The third-order valence-corrected chi connectivity index (χ3v) is 2.54. The highest BCUT2D eigenvalue weighted by molar-refractivity contribution is 5.76. The van der Waals surface area contributed by atoms with Crippen LogP contribution in [0.2, 0.25) is 0 Å². The fraction of sp³-hybridized carbons (Fsp3) is 0.462. The van der Waals surface area contributed by atoms with Crippen LogP contribution in [0.5, 0.6) is 11.5 Å². The Kier molecular flexibility index (Phi) is 5.45. The molecule has 1 amide bonds. The minimum atomic E-state index is -0.391. The summed E-state index contributed by atoms with van der Waals surface area (Å²) < 4.78 is 11.1. The van der Waals surface area contributed by atoms with Gasteiger partial charge in [-0.2, -0.15) is 0 Å². The largest absolute Gasteiger partial charge is 0.490 e. The summed E-state index contributed by atoms with van der Waals surface area (Å²) >= 11 is 0. The molecule has 1 aromatic rings. The standard InChI is InChI=1S/C13H20N2O3/c1-3-17-11-6-4-5-10(7-14)12(11)18-8-9(2)13(15)16/h4-6,9H,3,7-8,14H2,1-2H3,(H2,15,16). The Labute approximate surface area is 107 Å². The molecule has 0 aromatic heterocycles. The van der Waals surface area contributed by atoms with Gasteiger partial charge in [-0.3, -0.25) is 4.79 Å². The first-order valence-corrected chi connectivity index (χ1v) is 5.97. The molecule has 4 N–H and O–H groups in total. The second kappa shape index (κ2) is 6.86. The van der Waals surface area contributed by atoms with Gasteiger partial charge >= 0.3 is 0 Å². The lowest BCUT2D eigenvalue weighted by Crippen LogP contribution is -2.26. The van der Waals surface area contributed by atoms with E-state index in [1.807, 2.05) is 25.1 Å². The first-order valence-electron chi connectivity index (χ1n) is 5.97. The number of amides is 1. The Morgan fingerprint density at radius 1 is 1.39 bits per heavy atom. The van der Waals surface area contributed by atoms with Gasteiger partial charge in [0.2, 0.25) is 5.91 Å². The van der Waals surface area contributed by atoms with Crippen LogP contribution in [-0.4, -0.2) is 19.1 Å². The summed E-state index contributed by atoms with van der Waals surface area (Å²) in [5.74, 6) is 0.482. The number of hydrogen-bond donors (Lipinski definition) is 2. The van der Waals surface area contributed by atoms with Crippen molar-refractivity contribution in [3.8, 4) is 11.5 Å². The van der Waals surface area contributed by atoms with Crippen molar-refractivity contribution in [2.45, 2.75) is 20.4 Å². The molecule has 5 nitrogen and oxygen atoms in total. The topological polar surface area (TPSA) is 87.6 Å². The van der Waals surface area contributed by atoms with Gasteiger partial charge in [0.05, 0.1) is 19.1 Å². The molecule has 0 saturated carbocycles. The van der Waals surface area contributed by atoms with Crippen molar-refractivity contribution in [1.82, 2.24) is 0 Å². The van der Waals surface area contributed by atoms with Gasteiger partial charge in [0, 0.05) is 12.1 Å². The Balaban J connectivity index is 2.86. The van der Waals surface area contributed by atoms with E-state index in [0.29, 0.717) is 24.7 Å². The zero-order chi connectivity index (χ0) is 13.5. The van der Waals surface area contributed by atoms with Gasteiger partial charge in [-0.1, -0.05) is 19.1 Å². The molecule has 18 heavy (non-hydrogen) atoms. The van der Waals surface area contributed by atoms with Crippen molar-refractivity contribution in [2.24, 2.45) is 17.4 Å². The van der Waals surface area contributed by atoms with Crippen LogP contribution in [0.15, 0.2) is 18.2 Å². The molecule has 0 radical (unpaired) electrons. The molecule has 0 fully saturated rings. The van der Waals surface area contributed by atoms with E-state index in [0.717, 1.165) is 5.56 Å². The van der Waals surface area contributed by atoms with E-state index in [4.69, 9.17) is 20.9 Å². The van der Waals surface area contributed by atoms with Crippen molar-refractivity contribution in [3.05, 3.63) is 23.8 Å². The Hall–Kier alpha value is -1.75. The summed E-state index contributed by atoms with van der Waals surface area (Å²) in [4.78, 5) is 11.0. The molecule has 0 bridgehead atoms. The minimum Gasteiger partial charge on any atom is -0.490 e. The number of hydrogen-bond acceptors (Lipinski definition) is 4. The lowest BCUT2D eigenvalue weighted by atomic mass is 10.1. The molecular formula is C13H20N2O3. The molecule has 1 rings (SSSR count). The Morgan fingerprint density at radius 2 is 2.11 bits per heavy atom. The predicted molar refractivity (Wildman–Crippen MR) is 69.4 cm³/mol. The molecule has 0 aliphatic carbocycles. The first kappa shape index (κ1) is 14.3. The second-order valence-corrected chi connectivity index (χ2v) is 4.00. The van der Waals surface area contributed by atoms with Gasteiger partial charge in [0.25, 0.3) is 0 Å². The summed E-state index contributed by atoms with van der Waals surface area (Å²) in [5, 5.41) is 0. The van der Waals surface area contributed by atoms with Crippen molar-refractivity contribution < 1.29 is 14.3 Å². The SMILES string of the molecule is CCOc1cccc(CN)c1OCC(C)C(N)=O. The fourth-order valence-corrected chi connectivity index (χ4v) is 1.45. The van der Waals surface area contributed by atoms with Crippen LogP contribution in [-0.2, 0) is 11.3 Å². The van der Waals surface area contributed by atoms with E-state index < -0.39 is 5.91 Å². The lowest BCUT2D eigenvalue weighted by molar-refractivity contribution is -0.122. The average Bonchev–Trinajstić information content (AvgIpc) is 2.36. The smallest absolute Gasteiger partial charge is 0.223 e. The summed E-state index contributed by atoms with van der Waals surface area (Å²) in [6.07, 6.45) is 0. The molecule has 0 saturated heterocycles. The van der Waals surface area contributed by atoms with E-state index in [1.54, 1.807) is 6.92 Å². The van der Waals surface area contributed by atoms with E-state index in [9.17, 15) is 4.79 Å². The highest BCUT2D eigenvalue weighted by Gasteiger charge is 2.14. The molecule has 0 aliphatic rings. The maximum absolute atomic E-state index is 11.0. The summed E-state index contributed by atoms with van der Waals surface area (Å²) in [5.41, 5.74) is 11.7. The Morgan fingerprint density at radius 3 is 2.67 bits per heavy atom. The highest BCUT2D eigenvalue weighted by atomic mass is 16.5. The van der Waals surface area contributed by atoms with Crippen LogP contribution in [0.1, 0.15) is 19.4 Å². The number of carbonyl (C=O) groups excluding carboxylic acids is 1. The molecule has 1 atom stereocenters. The second-order valence-electron chi connectivity index (χ2n) is 4.00. The quantitative estimate of drug-likeness (QED) is 0.759. The summed E-state index contributed by atoms with van der Waals surface area (Å²) in [7, 11) is 0. The van der Waals surface area contributed by atoms with Crippen molar-refractivity contribution >= 4 is 5.91 Å². The first-order chi connectivity index (χ1) is 8.60. The Bertz CT molecular complexity index is 407. The van der Waals surface area contributed by atoms with Crippen LogP contribution < -0.4 is 20.9 Å². The maximum atomic E-state index is 11.0. The normalized spacial score (nSPS) is 11.9. The van der Waals surface area contributed by atoms with Gasteiger partial charge in [-0.05, 0) is 13.0 Å². The molecule has 5 heteroatoms. The average molecular weight is 252 g/mol. The summed E-state index contributed by atoms with van der Waals surface area (Å²) in [6, 6.07) is 5.54. The van der Waals surface area contributed by atoms with Crippen molar-refractivity contribution in [3.63, 3.8) is 0 Å². The maximum Gasteiger partial charge on any atom is 0.223 e. The van der Waals surface area contributed by atoms with Crippen LogP contribution in [0.3, 0.4) is 0 Å². The third-order valence-electron chi connectivity index (χ3n) is 2.54.